The highest BCUT2D eigenvalue weighted by Gasteiger charge is 2.09. The molecule has 118 valence electrons. The maximum Gasteiger partial charge on any atom is 0.288 e. The van der Waals surface area contributed by atoms with Crippen molar-refractivity contribution in [1.29, 1.82) is 0 Å². The van der Waals surface area contributed by atoms with Gasteiger partial charge >= 0.3 is 0 Å². The van der Waals surface area contributed by atoms with Crippen molar-refractivity contribution < 1.29 is 4.52 Å². The molecule has 0 bridgehead atoms. The van der Waals surface area contributed by atoms with Crippen LogP contribution >= 0.6 is 23.2 Å². The van der Waals surface area contributed by atoms with E-state index in [0.717, 1.165) is 12.0 Å². The SMILES string of the molecule is O=c1c(Cl)nccn1Cc1nc(CCc2ccc(Cl)cc2)no1. The average Bonchev–Trinajstić information content (AvgIpc) is 2.99. The highest BCUT2D eigenvalue weighted by Crippen LogP contribution is 2.11. The molecular formula is C15H12Cl2N4O2. The van der Waals surface area contributed by atoms with Crippen LogP contribution in [0.1, 0.15) is 17.3 Å². The summed E-state index contributed by atoms with van der Waals surface area (Å²) in [5, 5.41) is 4.54. The van der Waals surface area contributed by atoms with Crippen molar-refractivity contribution in [2.75, 3.05) is 0 Å². The Kier molecular flexibility index (Phi) is 4.73. The van der Waals surface area contributed by atoms with Crippen molar-refractivity contribution >= 4 is 23.2 Å². The molecule has 0 unspecified atom stereocenters. The highest BCUT2D eigenvalue weighted by atomic mass is 35.5. The Morgan fingerprint density at radius 2 is 1.91 bits per heavy atom. The second-order valence-corrected chi connectivity index (χ2v) is 5.68. The molecule has 1 aromatic carbocycles. The van der Waals surface area contributed by atoms with Crippen molar-refractivity contribution in [3.8, 4) is 0 Å². The lowest BCUT2D eigenvalue weighted by Gasteiger charge is -2.00. The molecule has 23 heavy (non-hydrogen) atoms. The van der Waals surface area contributed by atoms with Crippen LogP contribution in [-0.4, -0.2) is 19.7 Å². The molecule has 0 N–H and O–H groups in total. The molecule has 2 aromatic heterocycles. The van der Waals surface area contributed by atoms with Crippen LogP contribution in [0.5, 0.6) is 0 Å². The van der Waals surface area contributed by atoms with E-state index in [0.29, 0.717) is 23.2 Å². The first-order valence-electron chi connectivity index (χ1n) is 6.88. The molecule has 3 aromatic rings. The minimum atomic E-state index is -0.393. The standard InChI is InChI=1S/C15H12Cl2N4O2/c16-11-4-1-10(2-5-11)3-6-12-19-13(23-20-12)9-21-8-7-18-14(17)15(21)22/h1-2,4-5,7-8H,3,6,9H2. The van der Waals surface area contributed by atoms with Gasteiger partial charge in [0.15, 0.2) is 11.0 Å². The number of rotatable bonds is 5. The molecule has 0 atom stereocenters. The fraction of sp³-hybridized carbons (Fsp3) is 0.200. The summed E-state index contributed by atoms with van der Waals surface area (Å²) in [7, 11) is 0. The van der Waals surface area contributed by atoms with Gasteiger partial charge in [0.2, 0.25) is 5.89 Å². The quantitative estimate of drug-likeness (QED) is 0.707. The summed E-state index contributed by atoms with van der Waals surface area (Å²) >= 11 is 11.5. The molecule has 6 nitrogen and oxygen atoms in total. The van der Waals surface area contributed by atoms with Gasteiger partial charge in [-0.25, -0.2) is 4.98 Å². The van der Waals surface area contributed by atoms with Crippen LogP contribution in [-0.2, 0) is 19.4 Å². The summed E-state index contributed by atoms with van der Waals surface area (Å²) in [6, 6.07) is 7.61. The number of hydrogen-bond donors (Lipinski definition) is 0. The molecule has 3 rings (SSSR count). The topological polar surface area (TPSA) is 73.8 Å². The number of aromatic nitrogens is 4. The Labute approximate surface area is 141 Å². The van der Waals surface area contributed by atoms with Gasteiger partial charge < -0.3 is 9.09 Å². The Morgan fingerprint density at radius 1 is 1.13 bits per heavy atom. The third-order valence-corrected chi connectivity index (χ3v) is 3.75. The third-order valence-electron chi connectivity index (χ3n) is 3.24. The predicted molar refractivity (Wildman–Crippen MR) is 85.8 cm³/mol. The molecular weight excluding hydrogens is 339 g/mol. The molecule has 0 spiro atoms. The molecule has 2 heterocycles. The Hall–Kier alpha value is -2.18. The lowest BCUT2D eigenvalue weighted by molar-refractivity contribution is 0.364. The summed E-state index contributed by atoms with van der Waals surface area (Å²) in [5.41, 5.74) is 0.743. The number of aryl methyl sites for hydroxylation is 2. The fourth-order valence-corrected chi connectivity index (χ4v) is 2.34. The lowest BCUT2D eigenvalue weighted by atomic mass is 10.1. The monoisotopic (exact) mass is 350 g/mol. The van der Waals surface area contributed by atoms with Gasteiger partial charge in [0.25, 0.3) is 5.56 Å². The van der Waals surface area contributed by atoms with Crippen molar-refractivity contribution in [2.45, 2.75) is 19.4 Å². The Balaban J connectivity index is 1.65. The second kappa shape index (κ2) is 6.93. The van der Waals surface area contributed by atoms with Gasteiger partial charge in [-0.1, -0.05) is 40.5 Å². The third kappa shape index (κ3) is 3.97. The first-order chi connectivity index (χ1) is 11.1. The zero-order chi connectivity index (χ0) is 16.2. The van der Waals surface area contributed by atoms with E-state index in [9.17, 15) is 4.79 Å². The summed E-state index contributed by atoms with van der Waals surface area (Å²) < 4.78 is 6.53. The largest absolute Gasteiger partial charge is 0.337 e. The van der Waals surface area contributed by atoms with Crippen LogP contribution in [0.15, 0.2) is 46.0 Å². The van der Waals surface area contributed by atoms with Gasteiger partial charge in [-0.15, -0.1) is 0 Å². The minimum absolute atomic E-state index is 0.0880. The second-order valence-electron chi connectivity index (χ2n) is 4.88. The van der Waals surface area contributed by atoms with E-state index in [2.05, 4.69) is 15.1 Å². The van der Waals surface area contributed by atoms with E-state index in [-0.39, 0.29) is 11.7 Å². The maximum absolute atomic E-state index is 11.8. The average molecular weight is 351 g/mol. The number of benzene rings is 1. The summed E-state index contributed by atoms with van der Waals surface area (Å²) in [6.45, 7) is 0.162. The zero-order valence-electron chi connectivity index (χ0n) is 11.9. The predicted octanol–water partition coefficient (Wildman–Crippen LogP) is 2.77. The van der Waals surface area contributed by atoms with Crippen LogP contribution in [0.2, 0.25) is 10.2 Å². The van der Waals surface area contributed by atoms with Gasteiger partial charge in [0.05, 0.1) is 0 Å². The summed E-state index contributed by atoms with van der Waals surface area (Å²) in [4.78, 5) is 19.8. The van der Waals surface area contributed by atoms with Gasteiger partial charge in [0.1, 0.15) is 6.54 Å². The summed E-state index contributed by atoms with van der Waals surface area (Å²) in [6.07, 6.45) is 4.38. The van der Waals surface area contributed by atoms with E-state index in [4.69, 9.17) is 27.7 Å². The van der Waals surface area contributed by atoms with Crippen molar-refractivity contribution in [1.82, 2.24) is 19.7 Å². The zero-order valence-corrected chi connectivity index (χ0v) is 13.5. The van der Waals surface area contributed by atoms with Gasteiger partial charge in [-0.2, -0.15) is 4.98 Å². The van der Waals surface area contributed by atoms with E-state index < -0.39 is 5.56 Å². The van der Waals surface area contributed by atoms with Crippen molar-refractivity contribution in [3.63, 3.8) is 0 Å². The fourth-order valence-electron chi connectivity index (χ4n) is 2.05. The minimum Gasteiger partial charge on any atom is -0.337 e. The summed E-state index contributed by atoms with van der Waals surface area (Å²) in [5.74, 6) is 0.934. The van der Waals surface area contributed by atoms with Crippen molar-refractivity contribution in [3.05, 3.63) is 74.5 Å². The maximum atomic E-state index is 11.8. The Bertz CT molecular complexity index is 858. The van der Waals surface area contributed by atoms with Crippen LogP contribution < -0.4 is 5.56 Å². The first-order valence-corrected chi connectivity index (χ1v) is 7.64. The van der Waals surface area contributed by atoms with Gasteiger partial charge in [-0.3, -0.25) is 4.79 Å². The molecule has 0 aliphatic rings. The molecule has 0 radical (unpaired) electrons. The molecule has 8 heteroatoms. The van der Waals surface area contributed by atoms with E-state index in [1.807, 2.05) is 24.3 Å². The van der Waals surface area contributed by atoms with Crippen LogP contribution in [0.3, 0.4) is 0 Å². The molecule has 0 fully saturated rings. The van der Waals surface area contributed by atoms with Gasteiger partial charge in [-0.05, 0) is 24.1 Å². The van der Waals surface area contributed by atoms with Gasteiger partial charge in [0, 0.05) is 23.8 Å². The first kappa shape index (κ1) is 15.7. The van der Waals surface area contributed by atoms with Crippen LogP contribution in [0, 0.1) is 0 Å². The normalized spacial score (nSPS) is 10.9. The van der Waals surface area contributed by atoms with Crippen LogP contribution in [0.4, 0.5) is 0 Å². The molecule has 0 saturated heterocycles. The molecule has 0 amide bonds. The van der Waals surface area contributed by atoms with Crippen molar-refractivity contribution in [2.24, 2.45) is 0 Å². The number of hydrogen-bond acceptors (Lipinski definition) is 5. The number of halogens is 2. The highest BCUT2D eigenvalue weighted by molar-refractivity contribution is 6.30. The van der Waals surface area contributed by atoms with E-state index in [1.54, 1.807) is 0 Å². The molecule has 0 aliphatic carbocycles. The number of nitrogens with zero attached hydrogens (tertiary/aromatic N) is 4. The lowest BCUT2D eigenvalue weighted by Crippen LogP contribution is -2.21. The molecule has 0 aliphatic heterocycles. The van der Waals surface area contributed by atoms with E-state index >= 15 is 0 Å². The Morgan fingerprint density at radius 3 is 2.70 bits per heavy atom. The van der Waals surface area contributed by atoms with E-state index in [1.165, 1.54) is 17.0 Å². The smallest absolute Gasteiger partial charge is 0.288 e. The van der Waals surface area contributed by atoms with Crippen LogP contribution in [0.25, 0.3) is 0 Å². The molecule has 0 saturated carbocycles.